The largest absolute Gasteiger partial charge is 0.390 e. The van der Waals surface area contributed by atoms with E-state index in [0.717, 1.165) is 0 Å². The van der Waals surface area contributed by atoms with Crippen LogP contribution < -0.4 is 5.32 Å². The highest BCUT2D eigenvalue weighted by molar-refractivity contribution is 5.94. The number of hydrogen-bond acceptors (Lipinski definition) is 4. The summed E-state index contributed by atoms with van der Waals surface area (Å²) in [5.74, 6) is 0.764. The maximum absolute atomic E-state index is 12.4. The van der Waals surface area contributed by atoms with Gasteiger partial charge in [-0.15, -0.1) is 0 Å². The molecule has 0 spiro atoms. The van der Waals surface area contributed by atoms with Crippen molar-refractivity contribution in [3.8, 4) is 0 Å². The number of carbonyl (C=O) groups is 1. The van der Waals surface area contributed by atoms with E-state index in [9.17, 15) is 9.90 Å². The first-order valence-corrected chi connectivity index (χ1v) is 6.59. The number of carbonyl (C=O) groups excluding carboxylic acids is 1. The number of anilines is 1. The number of likely N-dealkylation sites (tertiary alicyclic amines) is 1. The number of hydrogen-bond donors (Lipinski definition) is 2. The lowest BCUT2D eigenvalue weighted by Gasteiger charge is -2.41. The second-order valence-corrected chi connectivity index (χ2v) is 5.44. The van der Waals surface area contributed by atoms with Crippen molar-refractivity contribution in [3.63, 3.8) is 0 Å². The monoisotopic (exact) mass is 263 g/mol. The molecule has 2 rings (SSSR count). The van der Waals surface area contributed by atoms with Gasteiger partial charge in [-0.2, -0.15) is 0 Å². The fourth-order valence-corrected chi connectivity index (χ4v) is 2.29. The third-order valence-electron chi connectivity index (χ3n) is 3.99. The summed E-state index contributed by atoms with van der Waals surface area (Å²) in [5, 5.41) is 13.1. The zero-order chi connectivity index (χ0) is 14.0. The SMILES string of the molecule is CNc1cc(C(=O)N2CC[C@](C)(O)[C@H](C)C2)ccn1. The molecule has 0 aromatic carbocycles. The fraction of sp³-hybridized carbons (Fsp3) is 0.571. The minimum Gasteiger partial charge on any atom is -0.390 e. The van der Waals surface area contributed by atoms with Crippen molar-refractivity contribution in [2.75, 3.05) is 25.5 Å². The van der Waals surface area contributed by atoms with Crippen LogP contribution in [0.4, 0.5) is 5.82 Å². The van der Waals surface area contributed by atoms with E-state index in [1.807, 2.05) is 13.8 Å². The highest BCUT2D eigenvalue weighted by Gasteiger charge is 2.36. The van der Waals surface area contributed by atoms with Crippen LogP contribution in [0, 0.1) is 5.92 Å². The Hall–Kier alpha value is -1.62. The summed E-state index contributed by atoms with van der Waals surface area (Å²) in [6, 6.07) is 3.47. The number of nitrogens with one attached hydrogen (secondary N) is 1. The third-order valence-corrected chi connectivity index (χ3v) is 3.99. The van der Waals surface area contributed by atoms with Crippen LogP contribution in [0.5, 0.6) is 0 Å². The van der Waals surface area contributed by atoms with E-state index < -0.39 is 5.60 Å². The van der Waals surface area contributed by atoms with Crippen LogP contribution in [0.2, 0.25) is 0 Å². The molecule has 5 nitrogen and oxygen atoms in total. The summed E-state index contributed by atoms with van der Waals surface area (Å²) < 4.78 is 0. The first-order chi connectivity index (χ1) is 8.94. The van der Waals surface area contributed by atoms with E-state index in [1.165, 1.54) is 0 Å². The molecular weight excluding hydrogens is 242 g/mol. The van der Waals surface area contributed by atoms with Crippen molar-refractivity contribution in [1.82, 2.24) is 9.88 Å². The van der Waals surface area contributed by atoms with Crippen molar-refractivity contribution in [2.24, 2.45) is 5.92 Å². The van der Waals surface area contributed by atoms with Gasteiger partial charge in [-0.3, -0.25) is 4.79 Å². The van der Waals surface area contributed by atoms with Crippen LogP contribution >= 0.6 is 0 Å². The van der Waals surface area contributed by atoms with Crippen molar-refractivity contribution in [3.05, 3.63) is 23.9 Å². The Morgan fingerprint density at radius 1 is 1.63 bits per heavy atom. The van der Waals surface area contributed by atoms with Crippen LogP contribution in [0.3, 0.4) is 0 Å². The molecule has 2 atom stereocenters. The van der Waals surface area contributed by atoms with Gasteiger partial charge in [0.2, 0.25) is 0 Å². The van der Waals surface area contributed by atoms with Gasteiger partial charge in [-0.05, 0) is 25.5 Å². The minimum absolute atomic E-state index is 0.00116. The predicted octanol–water partition coefficient (Wildman–Crippen LogP) is 1.36. The van der Waals surface area contributed by atoms with Crippen LogP contribution in [0.1, 0.15) is 30.6 Å². The maximum Gasteiger partial charge on any atom is 0.254 e. The molecule has 2 N–H and O–H groups in total. The molecule has 1 fully saturated rings. The normalized spacial score (nSPS) is 27.2. The van der Waals surface area contributed by atoms with E-state index in [1.54, 1.807) is 30.3 Å². The van der Waals surface area contributed by atoms with Crippen molar-refractivity contribution in [2.45, 2.75) is 25.9 Å². The van der Waals surface area contributed by atoms with Crippen molar-refractivity contribution < 1.29 is 9.90 Å². The molecule has 1 saturated heterocycles. The summed E-state index contributed by atoms with van der Waals surface area (Å²) in [6.45, 7) is 4.99. The van der Waals surface area contributed by atoms with Gasteiger partial charge >= 0.3 is 0 Å². The third kappa shape index (κ3) is 2.87. The molecule has 0 bridgehead atoms. The lowest BCUT2D eigenvalue weighted by Crippen LogP contribution is -2.50. The summed E-state index contributed by atoms with van der Waals surface area (Å²) >= 11 is 0. The summed E-state index contributed by atoms with van der Waals surface area (Å²) in [4.78, 5) is 18.3. The molecule has 1 aromatic rings. The Bertz CT molecular complexity index is 474. The van der Waals surface area contributed by atoms with Crippen LogP contribution in [-0.2, 0) is 0 Å². The van der Waals surface area contributed by atoms with E-state index in [0.29, 0.717) is 30.9 Å². The minimum atomic E-state index is -0.675. The average Bonchev–Trinajstić information content (AvgIpc) is 2.41. The van der Waals surface area contributed by atoms with Gasteiger partial charge in [0.25, 0.3) is 5.91 Å². The molecule has 0 radical (unpaired) electrons. The summed E-state index contributed by atoms with van der Waals surface area (Å²) in [5.41, 5.74) is -0.0429. The topological polar surface area (TPSA) is 65.5 Å². The zero-order valence-electron chi connectivity index (χ0n) is 11.7. The first-order valence-electron chi connectivity index (χ1n) is 6.59. The smallest absolute Gasteiger partial charge is 0.254 e. The van der Waals surface area contributed by atoms with Gasteiger partial charge in [0.15, 0.2) is 0 Å². The van der Waals surface area contributed by atoms with Gasteiger partial charge in [0.1, 0.15) is 5.82 Å². The number of amides is 1. The van der Waals surface area contributed by atoms with Crippen LogP contribution in [-0.4, -0.2) is 46.6 Å². The number of aromatic nitrogens is 1. The number of piperidine rings is 1. The van der Waals surface area contributed by atoms with E-state index in [2.05, 4.69) is 10.3 Å². The highest BCUT2D eigenvalue weighted by atomic mass is 16.3. The molecule has 2 heterocycles. The Labute approximate surface area is 113 Å². The average molecular weight is 263 g/mol. The predicted molar refractivity (Wildman–Crippen MR) is 74.1 cm³/mol. The summed E-state index contributed by atoms with van der Waals surface area (Å²) in [7, 11) is 1.77. The van der Waals surface area contributed by atoms with Crippen molar-refractivity contribution >= 4 is 11.7 Å². The van der Waals surface area contributed by atoms with E-state index in [4.69, 9.17) is 0 Å². The van der Waals surface area contributed by atoms with E-state index >= 15 is 0 Å². The number of nitrogens with zero attached hydrogens (tertiary/aromatic N) is 2. The van der Waals surface area contributed by atoms with Gasteiger partial charge in [-0.25, -0.2) is 4.98 Å². The number of aliphatic hydroxyl groups is 1. The highest BCUT2D eigenvalue weighted by Crippen LogP contribution is 2.28. The molecule has 0 saturated carbocycles. The molecule has 104 valence electrons. The molecule has 1 aliphatic rings. The van der Waals surface area contributed by atoms with Gasteiger partial charge in [0.05, 0.1) is 5.60 Å². The molecule has 1 amide bonds. The fourth-order valence-electron chi connectivity index (χ4n) is 2.29. The quantitative estimate of drug-likeness (QED) is 0.845. The van der Waals surface area contributed by atoms with Crippen molar-refractivity contribution in [1.29, 1.82) is 0 Å². The standard InChI is InChI=1S/C14H21N3O2/c1-10-9-17(7-5-14(10,2)19)13(18)11-4-6-16-12(8-11)15-3/h4,6,8,10,19H,5,7,9H2,1-3H3,(H,15,16)/t10-,14+/m1/s1. The summed E-state index contributed by atoms with van der Waals surface area (Å²) in [6.07, 6.45) is 2.24. The lowest BCUT2D eigenvalue weighted by atomic mass is 9.84. The molecule has 0 aliphatic carbocycles. The lowest BCUT2D eigenvalue weighted by molar-refractivity contribution is -0.0439. The maximum atomic E-state index is 12.4. The Morgan fingerprint density at radius 2 is 2.37 bits per heavy atom. The Balaban J connectivity index is 2.12. The number of pyridine rings is 1. The molecule has 0 unspecified atom stereocenters. The van der Waals surface area contributed by atoms with Crippen LogP contribution in [0.25, 0.3) is 0 Å². The van der Waals surface area contributed by atoms with Crippen LogP contribution in [0.15, 0.2) is 18.3 Å². The molecule has 5 heteroatoms. The van der Waals surface area contributed by atoms with Gasteiger partial charge in [-0.1, -0.05) is 6.92 Å². The Morgan fingerprint density at radius 3 is 3.00 bits per heavy atom. The second-order valence-electron chi connectivity index (χ2n) is 5.44. The molecule has 1 aromatic heterocycles. The molecular formula is C14H21N3O2. The van der Waals surface area contributed by atoms with E-state index in [-0.39, 0.29) is 11.8 Å². The Kier molecular flexibility index (Phi) is 3.75. The van der Waals surface area contributed by atoms with Gasteiger partial charge in [0, 0.05) is 37.8 Å². The first kappa shape index (κ1) is 13.8. The zero-order valence-corrected chi connectivity index (χ0v) is 11.7. The number of rotatable bonds is 2. The second kappa shape index (κ2) is 5.17. The van der Waals surface area contributed by atoms with Gasteiger partial charge < -0.3 is 15.3 Å². The molecule has 1 aliphatic heterocycles. The molecule has 19 heavy (non-hydrogen) atoms.